The van der Waals surface area contributed by atoms with Crippen molar-refractivity contribution in [3.63, 3.8) is 0 Å². The highest BCUT2D eigenvalue weighted by molar-refractivity contribution is 7.92. The zero-order valence-corrected chi connectivity index (χ0v) is 18.1. The summed E-state index contributed by atoms with van der Waals surface area (Å²) in [5.74, 6) is -0.162. The van der Waals surface area contributed by atoms with Crippen molar-refractivity contribution in [3.8, 4) is 5.75 Å². The Bertz CT molecular complexity index is 871. The van der Waals surface area contributed by atoms with Crippen LogP contribution in [-0.4, -0.2) is 64.8 Å². The van der Waals surface area contributed by atoms with Crippen molar-refractivity contribution in [2.75, 3.05) is 32.5 Å². The number of carbonyl (C=O) groups is 1. The number of carbonyl (C=O) groups excluding carboxylic acids is 1. The molecule has 1 fully saturated rings. The average Bonchev–Trinajstić information content (AvgIpc) is 2.66. The fourth-order valence-electron chi connectivity index (χ4n) is 2.92. The number of hydrogen-bond donors (Lipinski definition) is 1. The Labute approximate surface area is 167 Å². The molecule has 0 radical (unpaired) electrons. The molecule has 10 heteroatoms. The van der Waals surface area contributed by atoms with Crippen LogP contribution in [0.25, 0.3) is 0 Å². The van der Waals surface area contributed by atoms with E-state index >= 15 is 0 Å². The highest BCUT2D eigenvalue weighted by Crippen LogP contribution is 2.25. The van der Waals surface area contributed by atoms with Gasteiger partial charge in [0.2, 0.25) is 15.9 Å². The third-order valence-corrected chi connectivity index (χ3v) is 8.63. The minimum absolute atomic E-state index is 0.103. The monoisotopic (exact) mass is 432 g/mol. The quantitative estimate of drug-likeness (QED) is 0.657. The molecule has 8 nitrogen and oxygen atoms in total. The third-order valence-electron chi connectivity index (χ3n) is 4.56. The molecule has 0 bridgehead atoms. The van der Waals surface area contributed by atoms with Crippen molar-refractivity contribution >= 4 is 25.8 Å². The van der Waals surface area contributed by atoms with E-state index in [0.29, 0.717) is 18.3 Å². The number of amides is 1. The number of benzene rings is 1. The van der Waals surface area contributed by atoms with Gasteiger partial charge < -0.3 is 10.1 Å². The summed E-state index contributed by atoms with van der Waals surface area (Å²) in [4.78, 5) is 11.5. The fraction of sp³-hybridized carbons (Fsp3) is 0.611. The number of nitrogens with zero attached hydrogens (tertiary/aromatic N) is 1. The normalized spacial score (nSPS) is 16.9. The van der Waals surface area contributed by atoms with E-state index in [1.807, 2.05) is 13.8 Å². The predicted octanol–water partition coefficient (Wildman–Crippen LogP) is 1.04. The molecule has 1 heterocycles. The summed E-state index contributed by atoms with van der Waals surface area (Å²) in [6.07, 6.45) is 0.349. The smallest absolute Gasteiger partial charge is 0.243 e. The molecule has 1 aliphatic heterocycles. The molecule has 0 saturated carbocycles. The van der Waals surface area contributed by atoms with E-state index in [0.717, 1.165) is 0 Å². The minimum Gasteiger partial charge on any atom is -0.493 e. The highest BCUT2D eigenvalue weighted by Gasteiger charge is 2.35. The summed E-state index contributed by atoms with van der Waals surface area (Å²) < 4.78 is 57.1. The molecule has 1 aliphatic rings. The Hall–Kier alpha value is -1.65. The van der Waals surface area contributed by atoms with Crippen LogP contribution in [0, 0.1) is 5.92 Å². The maximum atomic E-state index is 12.8. The predicted molar refractivity (Wildman–Crippen MR) is 106 cm³/mol. The summed E-state index contributed by atoms with van der Waals surface area (Å²) in [7, 11) is -5.92. The number of nitrogens with one attached hydrogen (secondary N) is 1. The van der Waals surface area contributed by atoms with Crippen LogP contribution in [0.4, 0.5) is 0 Å². The Kier molecular flexibility index (Phi) is 7.46. The van der Waals surface area contributed by atoms with Crippen LogP contribution in [0.5, 0.6) is 5.75 Å². The number of ether oxygens (including phenoxy) is 1. The van der Waals surface area contributed by atoms with Gasteiger partial charge in [-0.15, -0.1) is 0 Å². The van der Waals surface area contributed by atoms with Gasteiger partial charge >= 0.3 is 0 Å². The van der Waals surface area contributed by atoms with Gasteiger partial charge in [0.25, 0.3) is 0 Å². The molecular weight excluding hydrogens is 404 g/mol. The van der Waals surface area contributed by atoms with Crippen LogP contribution in [-0.2, 0) is 24.7 Å². The van der Waals surface area contributed by atoms with Crippen LogP contribution in [0.1, 0.15) is 26.7 Å². The molecule has 28 heavy (non-hydrogen) atoms. The molecule has 158 valence electrons. The van der Waals surface area contributed by atoms with Gasteiger partial charge in [0.1, 0.15) is 11.5 Å². The third kappa shape index (κ3) is 5.68. The van der Waals surface area contributed by atoms with Gasteiger partial charge in [-0.2, -0.15) is 4.31 Å². The van der Waals surface area contributed by atoms with Crippen LogP contribution in [0.2, 0.25) is 0 Å². The van der Waals surface area contributed by atoms with Crippen molar-refractivity contribution in [1.82, 2.24) is 9.62 Å². The molecule has 1 amide bonds. The summed E-state index contributed by atoms with van der Waals surface area (Å²) in [5.41, 5.74) is 0. The summed E-state index contributed by atoms with van der Waals surface area (Å²) >= 11 is 0. The van der Waals surface area contributed by atoms with Crippen molar-refractivity contribution < 1.29 is 26.4 Å². The van der Waals surface area contributed by atoms with Crippen molar-refractivity contribution in [3.05, 3.63) is 24.3 Å². The second kappa shape index (κ2) is 9.23. The highest BCUT2D eigenvalue weighted by atomic mass is 32.2. The summed E-state index contributed by atoms with van der Waals surface area (Å²) in [5, 5.41) is 1.59. The van der Waals surface area contributed by atoms with Gasteiger partial charge in [-0.1, -0.05) is 13.8 Å². The van der Waals surface area contributed by atoms with Gasteiger partial charge in [-0.3, -0.25) is 4.79 Å². The lowest BCUT2D eigenvalue weighted by atomic mass is 10.2. The van der Waals surface area contributed by atoms with E-state index in [1.54, 1.807) is 12.1 Å². The fourth-order valence-corrected chi connectivity index (χ4v) is 6.07. The zero-order valence-electron chi connectivity index (χ0n) is 16.4. The van der Waals surface area contributed by atoms with E-state index in [1.165, 1.54) is 23.5 Å². The number of sulfonamides is 1. The largest absolute Gasteiger partial charge is 0.493 e. The number of sulfone groups is 1. The maximum absolute atomic E-state index is 12.8. The number of piperidine rings is 1. The number of hydrogen-bond acceptors (Lipinski definition) is 6. The Balaban J connectivity index is 2.02. The standard InChI is InChI=1S/C18H28N2O6S2/c1-14(2)12-26-15-4-6-17(7-5-15)28(24,25)20-10-8-16(9-11-20)27(22,23)13-18(21)19-3/h4-7,14,16H,8-13H2,1-3H3,(H,19,21). The van der Waals surface area contributed by atoms with Crippen LogP contribution in [0.15, 0.2) is 29.2 Å². The van der Waals surface area contributed by atoms with Crippen molar-refractivity contribution in [2.45, 2.75) is 36.8 Å². The first-order valence-corrected chi connectivity index (χ1v) is 12.4. The van der Waals surface area contributed by atoms with Crippen LogP contribution >= 0.6 is 0 Å². The maximum Gasteiger partial charge on any atom is 0.243 e. The van der Waals surface area contributed by atoms with Gasteiger partial charge in [0.15, 0.2) is 9.84 Å². The molecule has 0 aliphatic carbocycles. The van der Waals surface area contributed by atoms with E-state index in [9.17, 15) is 21.6 Å². The lowest BCUT2D eigenvalue weighted by Crippen LogP contribution is -2.44. The SMILES string of the molecule is CNC(=O)CS(=O)(=O)C1CCN(S(=O)(=O)c2ccc(OCC(C)C)cc2)CC1. The van der Waals surface area contributed by atoms with Crippen molar-refractivity contribution in [1.29, 1.82) is 0 Å². The molecule has 2 rings (SSSR count). The lowest BCUT2D eigenvalue weighted by molar-refractivity contribution is -0.118. The minimum atomic E-state index is -3.70. The van der Waals surface area contributed by atoms with E-state index in [2.05, 4.69) is 5.32 Å². The number of rotatable bonds is 8. The Morgan fingerprint density at radius 3 is 2.21 bits per heavy atom. The van der Waals surface area contributed by atoms with Gasteiger partial charge in [0, 0.05) is 20.1 Å². The summed E-state index contributed by atoms with van der Waals surface area (Å²) in [6.45, 7) is 4.80. The first-order chi connectivity index (χ1) is 13.1. The second-order valence-corrected chi connectivity index (χ2v) is 11.5. The first kappa shape index (κ1) is 22.6. The molecule has 1 aromatic rings. The second-order valence-electron chi connectivity index (χ2n) is 7.26. The van der Waals surface area contributed by atoms with Gasteiger partial charge in [-0.05, 0) is 43.0 Å². The molecule has 0 aromatic heterocycles. The molecule has 1 saturated heterocycles. The van der Waals surface area contributed by atoms with Crippen molar-refractivity contribution in [2.24, 2.45) is 5.92 Å². The zero-order chi connectivity index (χ0) is 20.9. The topological polar surface area (TPSA) is 110 Å². The first-order valence-electron chi connectivity index (χ1n) is 9.21. The van der Waals surface area contributed by atoms with E-state index < -0.39 is 36.8 Å². The van der Waals surface area contributed by atoms with E-state index in [-0.39, 0.29) is 30.8 Å². The van der Waals surface area contributed by atoms with Crippen LogP contribution in [0.3, 0.4) is 0 Å². The average molecular weight is 433 g/mol. The molecule has 0 unspecified atom stereocenters. The molecule has 0 spiro atoms. The Morgan fingerprint density at radius 1 is 1.14 bits per heavy atom. The molecular formula is C18H28N2O6S2. The Morgan fingerprint density at radius 2 is 1.71 bits per heavy atom. The van der Waals surface area contributed by atoms with Gasteiger partial charge in [-0.25, -0.2) is 16.8 Å². The van der Waals surface area contributed by atoms with E-state index in [4.69, 9.17) is 4.74 Å². The molecule has 1 aromatic carbocycles. The molecule has 0 atom stereocenters. The van der Waals surface area contributed by atoms with Gasteiger partial charge in [0.05, 0.1) is 16.8 Å². The molecule has 1 N–H and O–H groups in total. The summed E-state index contributed by atoms with van der Waals surface area (Å²) in [6, 6.07) is 6.24. The van der Waals surface area contributed by atoms with Crippen LogP contribution < -0.4 is 10.1 Å². The lowest BCUT2D eigenvalue weighted by Gasteiger charge is -2.30.